The molecule has 2 aromatic carbocycles. The molecule has 27 heavy (non-hydrogen) atoms. The van der Waals surface area contributed by atoms with E-state index in [1.807, 2.05) is 0 Å². The number of aromatic nitrogens is 2. The SMILES string of the molecule is N#CC1=C(N)Oc2n[nH]c(-c3ccc(F)cc3)c2[C@@H]1c1ccc(Cl)cc1Cl. The molecule has 0 saturated heterocycles. The van der Waals surface area contributed by atoms with Crippen LogP contribution < -0.4 is 10.5 Å². The molecule has 0 saturated carbocycles. The first-order valence-corrected chi connectivity index (χ1v) is 8.62. The van der Waals surface area contributed by atoms with Crippen molar-refractivity contribution >= 4 is 23.2 Å². The van der Waals surface area contributed by atoms with Crippen LogP contribution in [0, 0.1) is 17.1 Å². The number of hydrogen-bond acceptors (Lipinski definition) is 4. The highest BCUT2D eigenvalue weighted by atomic mass is 35.5. The minimum absolute atomic E-state index is 0.0434. The zero-order chi connectivity index (χ0) is 19.1. The van der Waals surface area contributed by atoms with Crippen LogP contribution in [0.1, 0.15) is 17.0 Å². The maximum atomic E-state index is 13.3. The van der Waals surface area contributed by atoms with Gasteiger partial charge >= 0.3 is 0 Å². The molecular formula is C19H11Cl2FN4O. The summed E-state index contributed by atoms with van der Waals surface area (Å²) in [5, 5.41) is 17.6. The quantitative estimate of drug-likeness (QED) is 0.649. The van der Waals surface area contributed by atoms with Gasteiger partial charge in [0.1, 0.15) is 17.5 Å². The molecule has 3 N–H and O–H groups in total. The molecule has 8 heteroatoms. The van der Waals surface area contributed by atoms with Gasteiger partial charge in [0.15, 0.2) is 0 Å². The van der Waals surface area contributed by atoms with E-state index in [0.29, 0.717) is 32.4 Å². The number of rotatable bonds is 2. The van der Waals surface area contributed by atoms with E-state index >= 15 is 0 Å². The molecule has 0 radical (unpaired) electrons. The first-order chi connectivity index (χ1) is 13.0. The number of fused-ring (bicyclic) bond motifs is 1. The standard InChI is InChI=1S/C19H11Cl2FN4O/c20-10-3-6-12(14(21)7-10)15-13(8-23)18(24)27-19-16(15)17(25-26-19)9-1-4-11(22)5-2-9/h1-7,15H,24H2,(H,25,26)/t15-/m1/s1. The van der Waals surface area contributed by atoms with Crippen LogP contribution in [0.2, 0.25) is 10.0 Å². The zero-order valence-corrected chi connectivity index (χ0v) is 15.1. The van der Waals surface area contributed by atoms with Gasteiger partial charge in [0.25, 0.3) is 0 Å². The summed E-state index contributed by atoms with van der Waals surface area (Å²) < 4.78 is 18.8. The lowest BCUT2D eigenvalue weighted by molar-refractivity contribution is 0.379. The molecule has 1 aromatic heterocycles. The number of nitrogens with two attached hydrogens (primary N) is 1. The van der Waals surface area contributed by atoms with Gasteiger partial charge in [-0.05, 0) is 42.0 Å². The molecule has 0 amide bonds. The van der Waals surface area contributed by atoms with Gasteiger partial charge in [0.05, 0.1) is 17.2 Å². The van der Waals surface area contributed by atoms with Gasteiger partial charge < -0.3 is 10.5 Å². The third-order valence-corrected chi connectivity index (χ3v) is 4.91. The third-order valence-electron chi connectivity index (χ3n) is 4.35. The van der Waals surface area contributed by atoms with E-state index in [2.05, 4.69) is 16.3 Å². The second-order valence-corrected chi connectivity index (χ2v) is 6.76. The summed E-state index contributed by atoms with van der Waals surface area (Å²) in [6, 6.07) is 13.0. The van der Waals surface area contributed by atoms with Crippen molar-refractivity contribution in [3.8, 4) is 23.2 Å². The van der Waals surface area contributed by atoms with E-state index in [0.717, 1.165) is 0 Å². The molecule has 0 aliphatic carbocycles. The van der Waals surface area contributed by atoms with Crippen molar-refractivity contribution in [2.75, 3.05) is 0 Å². The minimum Gasteiger partial charge on any atom is -0.420 e. The molecule has 0 unspecified atom stereocenters. The van der Waals surface area contributed by atoms with Gasteiger partial charge in [-0.25, -0.2) is 4.39 Å². The molecule has 0 bridgehead atoms. The Labute approximate surface area is 163 Å². The lowest BCUT2D eigenvalue weighted by Crippen LogP contribution is -2.21. The number of hydrogen-bond donors (Lipinski definition) is 2. The van der Waals surface area contributed by atoms with Crippen LogP contribution in [0.25, 0.3) is 11.3 Å². The molecule has 2 heterocycles. The molecule has 3 aromatic rings. The summed E-state index contributed by atoms with van der Waals surface area (Å²) in [5.41, 5.74) is 8.64. The second kappa shape index (κ2) is 6.62. The van der Waals surface area contributed by atoms with Crippen LogP contribution >= 0.6 is 23.2 Å². The average Bonchev–Trinajstić information content (AvgIpc) is 3.05. The topological polar surface area (TPSA) is 87.7 Å². The number of ether oxygens (including phenoxy) is 1. The number of benzene rings is 2. The molecule has 1 atom stereocenters. The highest BCUT2D eigenvalue weighted by molar-refractivity contribution is 6.35. The Morgan fingerprint density at radius 2 is 1.93 bits per heavy atom. The largest absolute Gasteiger partial charge is 0.420 e. The Hall–Kier alpha value is -3.01. The van der Waals surface area contributed by atoms with Crippen molar-refractivity contribution in [3.63, 3.8) is 0 Å². The van der Waals surface area contributed by atoms with Gasteiger partial charge in [-0.15, -0.1) is 5.10 Å². The highest BCUT2D eigenvalue weighted by Gasteiger charge is 2.36. The second-order valence-electron chi connectivity index (χ2n) is 5.91. The molecule has 134 valence electrons. The van der Waals surface area contributed by atoms with Crippen LogP contribution in [0.15, 0.2) is 53.9 Å². The Balaban J connectivity index is 1.97. The van der Waals surface area contributed by atoms with Crippen molar-refractivity contribution in [1.82, 2.24) is 10.2 Å². The predicted octanol–water partition coefficient (Wildman–Crippen LogP) is 4.74. The van der Waals surface area contributed by atoms with Gasteiger partial charge in [-0.3, -0.25) is 5.10 Å². The fraction of sp³-hybridized carbons (Fsp3) is 0.0526. The lowest BCUT2D eigenvalue weighted by atomic mass is 9.83. The van der Waals surface area contributed by atoms with Gasteiger partial charge in [-0.2, -0.15) is 5.26 Å². The smallest absolute Gasteiger partial charge is 0.244 e. The Bertz CT molecular complexity index is 1120. The van der Waals surface area contributed by atoms with Crippen LogP contribution in [-0.4, -0.2) is 10.2 Å². The van der Waals surface area contributed by atoms with Gasteiger partial charge in [0, 0.05) is 15.6 Å². The molecule has 0 fully saturated rings. The summed E-state index contributed by atoms with van der Waals surface area (Å²) in [5.74, 6) is -0.773. The average molecular weight is 401 g/mol. The fourth-order valence-electron chi connectivity index (χ4n) is 3.13. The maximum Gasteiger partial charge on any atom is 0.244 e. The normalized spacial score (nSPS) is 15.9. The minimum atomic E-state index is -0.609. The summed E-state index contributed by atoms with van der Waals surface area (Å²) in [7, 11) is 0. The van der Waals surface area contributed by atoms with E-state index in [1.165, 1.54) is 12.1 Å². The predicted molar refractivity (Wildman–Crippen MR) is 99.7 cm³/mol. The summed E-state index contributed by atoms with van der Waals surface area (Å²) in [6.07, 6.45) is 0. The molecule has 4 rings (SSSR count). The number of nitrogens with zero attached hydrogens (tertiary/aromatic N) is 2. The van der Waals surface area contributed by atoms with Crippen molar-refractivity contribution < 1.29 is 9.13 Å². The number of aromatic amines is 1. The first-order valence-electron chi connectivity index (χ1n) is 7.86. The van der Waals surface area contributed by atoms with Crippen molar-refractivity contribution in [1.29, 1.82) is 5.26 Å². The number of allylic oxidation sites excluding steroid dienone is 1. The first kappa shape index (κ1) is 17.4. The Morgan fingerprint density at radius 3 is 2.59 bits per heavy atom. The molecule has 5 nitrogen and oxygen atoms in total. The molecule has 0 spiro atoms. The van der Waals surface area contributed by atoms with Crippen molar-refractivity contribution in [2.24, 2.45) is 5.73 Å². The van der Waals surface area contributed by atoms with Gasteiger partial charge in [-0.1, -0.05) is 29.3 Å². The lowest BCUT2D eigenvalue weighted by Gasteiger charge is -2.24. The number of nitriles is 1. The van der Waals surface area contributed by atoms with E-state index in [9.17, 15) is 9.65 Å². The van der Waals surface area contributed by atoms with Gasteiger partial charge in [0.2, 0.25) is 11.8 Å². The van der Waals surface area contributed by atoms with Crippen LogP contribution in [0.3, 0.4) is 0 Å². The Morgan fingerprint density at radius 1 is 1.19 bits per heavy atom. The summed E-state index contributed by atoms with van der Waals surface area (Å²) in [4.78, 5) is 0. The third kappa shape index (κ3) is 2.91. The van der Waals surface area contributed by atoms with Crippen LogP contribution in [0.5, 0.6) is 5.88 Å². The maximum absolute atomic E-state index is 13.3. The van der Waals surface area contributed by atoms with Crippen molar-refractivity contribution in [2.45, 2.75) is 5.92 Å². The van der Waals surface area contributed by atoms with E-state index in [4.69, 9.17) is 33.7 Å². The highest BCUT2D eigenvalue weighted by Crippen LogP contribution is 2.47. The zero-order valence-electron chi connectivity index (χ0n) is 13.6. The molecule has 1 aliphatic heterocycles. The Kier molecular flexibility index (Phi) is 4.27. The molecule has 1 aliphatic rings. The van der Waals surface area contributed by atoms with Crippen LogP contribution in [-0.2, 0) is 0 Å². The summed E-state index contributed by atoms with van der Waals surface area (Å²) in [6.45, 7) is 0. The number of nitrogens with one attached hydrogen (secondary N) is 1. The summed E-state index contributed by atoms with van der Waals surface area (Å²) >= 11 is 12.4. The monoisotopic (exact) mass is 400 g/mol. The van der Waals surface area contributed by atoms with E-state index in [1.54, 1.807) is 30.3 Å². The molecular weight excluding hydrogens is 390 g/mol. The van der Waals surface area contributed by atoms with E-state index in [-0.39, 0.29) is 23.2 Å². The fourth-order valence-corrected chi connectivity index (χ4v) is 3.65. The number of H-pyrrole nitrogens is 1. The van der Waals surface area contributed by atoms with Crippen molar-refractivity contribution in [3.05, 3.63) is 80.9 Å². The van der Waals surface area contributed by atoms with E-state index < -0.39 is 5.92 Å². The van der Waals surface area contributed by atoms with Crippen LogP contribution in [0.4, 0.5) is 4.39 Å². The number of halogens is 3.